The van der Waals surface area contributed by atoms with Gasteiger partial charge in [-0.3, -0.25) is 0 Å². The van der Waals surface area contributed by atoms with E-state index in [0.29, 0.717) is 11.4 Å². The molecule has 0 N–H and O–H groups in total. The standard InChI is InChI=1S/C32H27N5O/c1-32(2,3)22-14-15-34-29(19-22)37-28-20-24(12-13-25(28)26-10-7-11-27(33-4)30(26)37)38-23-9-6-8-21(18-23)31-35-16-17-36(31)5/h6-20H,1-3,5H3. The molecule has 6 nitrogen and oxygen atoms in total. The first-order valence-electron chi connectivity index (χ1n) is 12.5. The van der Waals surface area contributed by atoms with E-state index in [4.69, 9.17) is 16.3 Å². The fourth-order valence-electron chi connectivity index (χ4n) is 4.91. The highest BCUT2D eigenvalue weighted by atomic mass is 16.5. The molecule has 0 saturated heterocycles. The summed E-state index contributed by atoms with van der Waals surface area (Å²) in [5.41, 5.74) is 4.50. The van der Waals surface area contributed by atoms with Gasteiger partial charge in [-0.25, -0.2) is 14.8 Å². The zero-order valence-corrected chi connectivity index (χ0v) is 21.8. The maximum Gasteiger partial charge on any atom is 0.211 e. The second-order valence-electron chi connectivity index (χ2n) is 10.4. The van der Waals surface area contributed by atoms with Gasteiger partial charge in [-0.15, -0.1) is 0 Å². The number of aromatic nitrogens is 4. The first-order valence-corrected chi connectivity index (χ1v) is 12.5. The second-order valence-corrected chi connectivity index (χ2v) is 10.4. The van der Waals surface area contributed by atoms with Gasteiger partial charge in [-0.05, 0) is 52.8 Å². The van der Waals surface area contributed by atoms with Crippen molar-refractivity contribution in [1.29, 1.82) is 0 Å². The molecule has 6 heteroatoms. The Morgan fingerprint density at radius 1 is 0.842 bits per heavy atom. The van der Waals surface area contributed by atoms with E-state index >= 15 is 0 Å². The van der Waals surface area contributed by atoms with E-state index in [1.807, 2.05) is 72.5 Å². The van der Waals surface area contributed by atoms with Crippen LogP contribution in [0.15, 0.2) is 91.4 Å². The summed E-state index contributed by atoms with van der Waals surface area (Å²) >= 11 is 0. The largest absolute Gasteiger partial charge is 0.457 e. The van der Waals surface area contributed by atoms with Crippen LogP contribution in [-0.2, 0) is 12.5 Å². The van der Waals surface area contributed by atoms with Crippen LogP contribution >= 0.6 is 0 Å². The van der Waals surface area contributed by atoms with Crippen molar-refractivity contribution in [1.82, 2.24) is 19.1 Å². The molecule has 3 aromatic heterocycles. The highest BCUT2D eigenvalue weighted by Gasteiger charge is 2.20. The van der Waals surface area contributed by atoms with Gasteiger partial charge in [0.15, 0.2) is 0 Å². The van der Waals surface area contributed by atoms with Gasteiger partial charge in [-0.2, -0.15) is 0 Å². The third kappa shape index (κ3) is 3.99. The summed E-state index contributed by atoms with van der Waals surface area (Å²) < 4.78 is 10.4. The fourth-order valence-corrected chi connectivity index (χ4v) is 4.91. The minimum absolute atomic E-state index is 0.0361. The van der Waals surface area contributed by atoms with Crippen molar-refractivity contribution >= 4 is 27.5 Å². The number of aryl methyl sites for hydroxylation is 1. The topological polar surface area (TPSA) is 49.2 Å². The zero-order chi connectivity index (χ0) is 26.4. The van der Waals surface area contributed by atoms with Crippen LogP contribution in [0.3, 0.4) is 0 Å². The van der Waals surface area contributed by atoms with Gasteiger partial charge in [-0.1, -0.05) is 51.1 Å². The lowest BCUT2D eigenvalue weighted by Crippen LogP contribution is -2.12. The number of hydrogen-bond donors (Lipinski definition) is 0. The Kier molecular flexibility index (Phi) is 5.50. The average Bonchev–Trinajstić information content (AvgIpc) is 3.49. The quantitative estimate of drug-likeness (QED) is 0.231. The molecule has 0 unspecified atom stereocenters. The number of pyridine rings is 1. The van der Waals surface area contributed by atoms with Crippen molar-refractivity contribution in [2.24, 2.45) is 7.05 Å². The van der Waals surface area contributed by atoms with Crippen LogP contribution in [0, 0.1) is 6.57 Å². The van der Waals surface area contributed by atoms with Gasteiger partial charge in [0, 0.05) is 42.7 Å². The number of imidazole rings is 1. The minimum atomic E-state index is -0.0361. The van der Waals surface area contributed by atoms with Crippen LogP contribution in [0.2, 0.25) is 0 Å². The maximum atomic E-state index is 7.84. The van der Waals surface area contributed by atoms with Gasteiger partial charge in [0.1, 0.15) is 23.1 Å². The van der Waals surface area contributed by atoms with E-state index in [0.717, 1.165) is 44.8 Å². The van der Waals surface area contributed by atoms with Crippen LogP contribution in [0.25, 0.3) is 43.9 Å². The fraction of sp³-hybridized carbons (Fsp3) is 0.156. The predicted molar refractivity (Wildman–Crippen MR) is 152 cm³/mol. The average molecular weight is 498 g/mol. The summed E-state index contributed by atoms with van der Waals surface area (Å²) in [6, 6.07) is 24.0. The Labute approximate surface area is 221 Å². The first kappa shape index (κ1) is 23.5. The number of benzene rings is 3. The third-order valence-electron chi connectivity index (χ3n) is 6.85. The predicted octanol–water partition coefficient (Wildman–Crippen LogP) is 8.22. The molecule has 3 heterocycles. The number of fused-ring (bicyclic) bond motifs is 3. The third-order valence-corrected chi connectivity index (χ3v) is 6.85. The van der Waals surface area contributed by atoms with Gasteiger partial charge in [0.05, 0.1) is 17.6 Å². The van der Waals surface area contributed by atoms with Gasteiger partial charge >= 0.3 is 0 Å². The molecular weight excluding hydrogens is 470 g/mol. The minimum Gasteiger partial charge on any atom is -0.457 e. The molecule has 0 aliphatic carbocycles. The first-order chi connectivity index (χ1) is 18.3. The lowest BCUT2D eigenvalue weighted by molar-refractivity contribution is 0.483. The molecule has 0 saturated carbocycles. The second kappa shape index (κ2) is 8.89. The zero-order valence-electron chi connectivity index (χ0n) is 21.8. The van der Waals surface area contributed by atoms with Crippen molar-refractivity contribution in [3.05, 3.63) is 108 Å². The van der Waals surface area contributed by atoms with E-state index in [-0.39, 0.29) is 5.41 Å². The number of ether oxygens (including phenoxy) is 1. The van der Waals surface area contributed by atoms with Crippen molar-refractivity contribution in [3.8, 4) is 28.7 Å². The molecule has 0 amide bonds. The Balaban J connectivity index is 1.52. The molecule has 0 aliphatic heterocycles. The molecule has 0 bridgehead atoms. The summed E-state index contributed by atoms with van der Waals surface area (Å²) in [5.74, 6) is 3.09. The van der Waals surface area contributed by atoms with Crippen LogP contribution in [0.1, 0.15) is 26.3 Å². The Morgan fingerprint density at radius 2 is 1.66 bits per heavy atom. The summed E-state index contributed by atoms with van der Waals surface area (Å²) in [7, 11) is 1.97. The Morgan fingerprint density at radius 3 is 2.42 bits per heavy atom. The molecule has 186 valence electrons. The highest BCUT2D eigenvalue weighted by Crippen LogP contribution is 2.39. The molecule has 6 rings (SSSR count). The maximum absolute atomic E-state index is 7.84. The van der Waals surface area contributed by atoms with Crippen molar-refractivity contribution in [2.45, 2.75) is 26.2 Å². The van der Waals surface area contributed by atoms with Gasteiger partial charge < -0.3 is 13.9 Å². The molecule has 0 atom stereocenters. The Bertz CT molecular complexity index is 1860. The lowest BCUT2D eigenvalue weighted by atomic mass is 9.88. The Hall–Kier alpha value is -4.89. The highest BCUT2D eigenvalue weighted by molar-refractivity contribution is 6.13. The van der Waals surface area contributed by atoms with Crippen LogP contribution in [0.4, 0.5) is 5.69 Å². The summed E-state index contributed by atoms with van der Waals surface area (Å²) in [6.45, 7) is 14.4. The molecule has 6 aromatic rings. The van der Waals surface area contributed by atoms with E-state index in [2.05, 4.69) is 59.4 Å². The number of para-hydroxylation sites is 1. The molecule has 38 heavy (non-hydrogen) atoms. The lowest BCUT2D eigenvalue weighted by Gasteiger charge is -2.20. The van der Waals surface area contributed by atoms with Gasteiger partial charge in [0.25, 0.3) is 0 Å². The van der Waals surface area contributed by atoms with E-state index < -0.39 is 0 Å². The smallest absolute Gasteiger partial charge is 0.211 e. The number of nitrogens with zero attached hydrogens (tertiary/aromatic N) is 5. The van der Waals surface area contributed by atoms with Crippen molar-refractivity contribution in [3.63, 3.8) is 0 Å². The number of hydrogen-bond acceptors (Lipinski definition) is 3. The van der Waals surface area contributed by atoms with Crippen molar-refractivity contribution in [2.75, 3.05) is 0 Å². The molecule has 0 aliphatic rings. The molecule has 0 spiro atoms. The molecule has 0 fully saturated rings. The van der Waals surface area contributed by atoms with E-state index in [1.165, 1.54) is 5.56 Å². The van der Waals surface area contributed by atoms with Crippen LogP contribution in [0.5, 0.6) is 11.5 Å². The van der Waals surface area contributed by atoms with E-state index in [1.54, 1.807) is 6.20 Å². The van der Waals surface area contributed by atoms with Crippen LogP contribution < -0.4 is 4.74 Å². The van der Waals surface area contributed by atoms with Gasteiger partial charge in [0.2, 0.25) is 5.69 Å². The van der Waals surface area contributed by atoms with Crippen LogP contribution in [-0.4, -0.2) is 19.1 Å². The molecule has 0 radical (unpaired) electrons. The monoisotopic (exact) mass is 497 g/mol. The van der Waals surface area contributed by atoms with E-state index in [9.17, 15) is 0 Å². The SMILES string of the molecule is [C-]#[N+]c1cccc2c3ccc(Oc4cccc(-c5nccn5C)c4)cc3n(-c3cc(C(C)(C)C)ccn3)c12. The summed E-state index contributed by atoms with van der Waals surface area (Å²) in [6.07, 6.45) is 5.56. The number of rotatable bonds is 4. The molecule has 3 aromatic carbocycles. The summed E-state index contributed by atoms with van der Waals surface area (Å²) in [5, 5.41) is 2.06. The molecular formula is C32H27N5O. The van der Waals surface area contributed by atoms with Crippen molar-refractivity contribution < 1.29 is 4.74 Å². The normalized spacial score (nSPS) is 11.7. The summed E-state index contributed by atoms with van der Waals surface area (Å²) in [4.78, 5) is 13.0.